The first-order valence-corrected chi connectivity index (χ1v) is 3.39. The van der Waals surface area contributed by atoms with Crippen LogP contribution in [0.1, 0.15) is 6.92 Å². The molecule has 1 heterocycles. The minimum absolute atomic E-state index is 0.220. The smallest absolute Gasteiger partial charge is 0.267 e. The van der Waals surface area contributed by atoms with Gasteiger partial charge in [-0.1, -0.05) is 6.92 Å². The highest BCUT2D eigenvalue weighted by Gasteiger charge is 2.44. The molecule has 1 saturated heterocycles. The Kier molecular flexibility index (Phi) is 1.92. The molecule has 0 aromatic heterocycles. The summed E-state index contributed by atoms with van der Waals surface area (Å²) in [5.41, 5.74) is 5.19. The van der Waals surface area contributed by atoms with Gasteiger partial charge < -0.3 is 11.1 Å². The molecule has 0 bridgehead atoms. The van der Waals surface area contributed by atoms with Gasteiger partial charge in [0, 0.05) is 19.0 Å². The van der Waals surface area contributed by atoms with Crippen molar-refractivity contribution in [1.82, 2.24) is 5.32 Å². The fourth-order valence-electron chi connectivity index (χ4n) is 1.09. The Morgan fingerprint density at radius 2 is 2.10 bits per heavy atom. The summed E-state index contributed by atoms with van der Waals surface area (Å²) >= 11 is 0. The van der Waals surface area contributed by atoms with Crippen molar-refractivity contribution in [3.8, 4) is 0 Å². The van der Waals surface area contributed by atoms with Gasteiger partial charge in [-0.15, -0.1) is 0 Å². The Balaban J connectivity index is 2.63. The van der Waals surface area contributed by atoms with E-state index in [4.69, 9.17) is 5.73 Å². The Morgan fingerprint density at radius 1 is 1.50 bits per heavy atom. The first-order chi connectivity index (χ1) is 4.55. The van der Waals surface area contributed by atoms with Crippen molar-refractivity contribution in [3.05, 3.63) is 0 Å². The molecule has 2 nitrogen and oxygen atoms in total. The highest BCUT2D eigenvalue weighted by atomic mass is 19.3. The lowest BCUT2D eigenvalue weighted by Crippen LogP contribution is -2.58. The molecule has 1 aliphatic heterocycles. The van der Waals surface area contributed by atoms with Gasteiger partial charge in [0.15, 0.2) is 0 Å². The van der Waals surface area contributed by atoms with Crippen molar-refractivity contribution in [1.29, 1.82) is 0 Å². The topological polar surface area (TPSA) is 38.0 Å². The highest BCUT2D eigenvalue weighted by Crippen LogP contribution is 2.28. The first kappa shape index (κ1) is 7.88. The third kappa shape index (κ3) is 1.13. The third-order valence-electron chi connectivity index (χ3n) is 1.97. The van der Waals surface area contributed by atoms with Gasteiger partial charge in [0.25, 0.3) is 5.92 Å². The zero-order valence-electron chi connectivity index (χ0n) is 5.90. The van der Waals surface area contributed by atoms with Crippen LogP contribution in [0.4, 0.5) is 8.78 Å². The number of nitrogens with one attached hydrogen (secondary N) is 1. The second kappa shape index (κ2) is 2.43. The van der Waals surface area contributed by atoms with Crippen molar-refractivity contribution in [2.75, 3.05) is 13.1 Å². The summed E-state index contributed by atoms with van der Waals surface area (Å²) < 4.78 is 25.7. The predicted molar refractivity (Wildman–Crippen MR) is 35.0 cm³/mol. The van der Waals surface area contributed by atoms with E-state index in [9.17, 15) is 8.78 Å². The van der Waals surface area contributed by atoms with E-state index in [1.807, 2.05) is 0 Å². The van der Waals surface area contributed by atoms with Crippen LogP contribution in [0.15, 0.2) is 0 Å². The Labute approximate surface area is 58.8 Å². The Morgan fingerprint density at radius 3 is 2.50 bits per heavy atom. The molecule has 0 aromatic carbocycles. The summed E-state index contributed by atoms with van der Waals surface area (Å²) in [6.45, 7) is 2.09. The Bertz CT molecular complexity index is 115. The van der Waals surface area contributed by atoms with Crippen LogP contribution in [-0.2, 0) is 0 Å². The normalized spacial score (nSPS) is 39.6. The molecule has 1 rings (SSSR count). The molecule has 2 atom stereocenters. The summed E-state index contributed by atoms with van der Waals surface area (Å²) in [5, 5.41) is 2.83. The quantitative estimate of drug-likeness (QED) is 0.517. The van der Waals surface area contributed by atoms with Gasteiger partial charge in [0.05, 0.1) is 6.04 Å². The maximum Gasteiger partial charge on any atom is 0.267 e. The van der Waals surface area contributed by atoms with E-state index in [0.29, 0.717) is 6.54 Å². The molecule has 0 saturated carbocycles. The molecule has 60 valence electrons. The summed E-state index contributed by atoms with van der Waals surface area (Å²) in [5.74, 6) is -3.33. The van der Waals surface area contributed by atoms with Gasteiger partial charge in [-0.3, -0.25) is 0 Å². The molecule has 0 spiro atoms. The predicted octanol–water partition coefficient (Wildman–Crippen LogP) is 0.188. The SMILES string of the molecule is C[C@@H]1CNC[C@H](N)C1(F)F. The first-order valence-electron chi connectivity index (χ1n) is 3.39. The summed E-state index contributed by atoms with van der Waals surface area (Å²) in [6, 6.07) is -1.02. The molecular formula is C6H12F2N2. The van der Waals surface area contributed by atoms with Gasteiger partial charge in [0.1, 0.15) is 0 Å². The average molecular weight is 150 g/mol. The molecule has 0 unspecified atom stereocenters. The van der Waals surface area contributed by atoms with E-state index < -0.39 is 17.9 Å². The van der Waals surface area contributed by atoms with E-state index in [-0.39, 0.29) is 6.54 Å². The molecule has 1 fully saturated rings. The van der Waals surface area contributed by atoms with Gasteiger partial charge in [0.2, 0.25) is 0 Å². The van der Waals surface area contributed by atoms with Gasteiger partial charge >= 0.3 is 0 Å². The lowest BCUT2D eigenvalue weighted by atomic mass is 9.93. The van der Waals surface area contributed by atoms with Crippen LogP contribution in [0, 0.1) is 5.92 Å². The zero-order valence-corrected chi connectivity index (χ0v) is 5.90. The highest BCUT2D eigenvalue weighted by molar-refractivity contribution is 4.91. The van der Waals surface area contributed by atoms with E-state index in [0.717, 1.165) is 0 Å². The molecular weight excluding hydrogens is 138 g/mol. The second-order valence-electron chi connectivity index (χ2n) is 2.84. The van der Waals surface area contributed by atoms with Crippen LogP contribution in [0.3, 0.4) is 0 Å². The van der Waals surface area contributed by atoms with Crippen LogP contribution in [0.5, 0.6) is 0 Å². The zero-order chi connectivity index (χ0) is 7.78. The molecule has 10 heavy (non-hydrogen) atoms. The molecule has 0 aromatic rings. The monoisotopic (exact) mass is 150 g/mol. The van der Waals surface area contributed by atoms with Gasteiger partial charge in [-0.25, -0.2) is 8.78 Å². The van der Waals surface area contributed by atoms with Crippen molar-refractivity contribution in [3.63, 3.8) is 0 Å². The van der Waals surface area contributed by atoms with Crippen LogP contribution >= 0.6 is 0 Å². The van der Waals surface area contributed by atoms with Crippen molar-refractivity contribution >= 4 is 0 Å². The van der Waals surface area contributed by atoms with Crippen LogP contribution in [0.2, 0.25) is 0 Å². The number of nitrogens with two attached hydrogens (primary N) is 1. The third-order valence-corrected chi connectivity index (χ3v) is 1.97. The van der Waals surface area contributed by atoms with Gasteiger partial charge in [-0.2, -0.15) is 0 Å². The summed E-state index contributed by atoms with van der Waals surface area (Å²) in [6.07, 6.45) is 0. The lowest BCUT2D eigenvalue weighted by molar-refractivity contribution is -0.0865. The maximum atomic E-state index is 12.8. The number of piperidine rings is 1. The van der Waals surface area contributed by atoms with E-state index >= 15 is 0 Å². The number of rotatable bonds is 0. The minimum atomic E-state index is -2.69. The number of hydrogen-bond acceptors (Lipinski definition) is 2. The maximum absolute atomic E-state index is 12.8. The largest absolute Gasteiger partial charge is 0.322 e. The summed E-state index contributed by atoms with van der Waals surface area (Å²) in [4.78, 5) is 0. The fourth-order valence-corrected chi connectivity index (χ4v) is 1.09. The fraction of sp³-hybridized carbons (Fsp3) is 1.00. The molecule has 1 aliphatic rings. The number of hydrogen-bond donors (Lipinski definition) is 2. The molecule has 0 radical (unpaired) electrons. The molecule has 0 amide bonds. The van der Waals surface area contributed by atoms with Gasteiger partial charge in [-0.05, 0) is 0 Å². The Hall–Kier alpha value is -0.220. The van der Waals surface area contributed by atoms with Crippen molar-refractivity contribution in [2.24, 2.45) is 11.7 Å². The number of halogens is 2. The lowest BCUT2D eigenvalue weighted by Gasteiger charge is -2.34. The number of alkyl halides is 2. The molecule has 0 aliphatic carbocycles. The van der Waals surface area contributed by atoms with Crippen molar-refractivity contribution in [2.45, 2.75) is 18.9 Å². The second-order valence-corrected chi connectivity index (χ2v) is 2.84. The minimum Gasteiger partial charge on any atom is -0.322 e. The standard InChI is InChI=1S/C6H12F2N2/c1-4-2-10-3-5(9)6(4,7)8/h4-5,10H,2-3,9H2,1H3/t4-,5+/m1/s1. The van der Waals surface area contributed by atoms with Crippen LogP contribution in [-0.4, -0.2) is 25.1 Å². The van der Waals surface area contributed by atoms with Crippen LogP contribution < -0.4 is 11.1 Å². The van der Waals surface area contributed by atoms with Crippen LogP contribution in [0.25, 0.3) is 0 Å². The summed E-state index contributed by atoms with van der Waals surface area (Å²) in [7, 11) is 0. The average Bonchev–Trinajstić information content (AvgIpc) is 1.84. The van der Waals surface area contributed by atoms with E-state index in [2.05, 4.69) is 5.32 Å². The molecule has 4 heteroatoms. The van der Waals surface area contributed by atoms with E-state index in [1.54, 1.807) is 0 Å². The van der Waals surface area contributed by atoms with Crippen molar-refractivity contribution < 1.29 is 8.78 Å². The molecule has 3 N–H and O–H groups in total. The van der Waals surface area contributed by atoms with E-state index in [1.165, 1.54) is 6.92 Å².